The summed E-state index contributed by atoms with van der Waals surface area (Å²) < 4.78 is 35.0. The van der Waals surface area contributed by atoms with E-state index in [-0.39, 0.29) is 22.8 Å². The molecule has 0 bridgehead atoms. The first-order valence-corrected chi connectivity index (χ1v) is 10.4. The predicted octanol–water partition coefficient (Wildman–Crippen LogP) is 3.98. The number of hydrogen-bond acceptors (Lipinski definition) is 3. The molecule has 2 fully saturated rings. The minimum atomic E-state index is -0.721. The van der Waals surface area contributed by atoms with Crippen LogP contribution in [-0.4, -0.2) is 45.8 Å². The number of piperidine rings is 1. The SMILES string of the molecule is CCO[C@H]1CC[C@](C)(N2CCC(n3c(=O)[nH]c4c(F)cc(F)cc43)CC2)CC1. The fraction of sp³-hybridized carbons (Fsp3) is 0.667. The highest BCUT2D eigenvalue weighted by Gasteiger charge is 2.38. The maximum Gasteiger partial charge on any atom is 0.326 e. The molecular weight excluding hydrogens is 364 g/mol. The van der Waals surface area contributed by atoms with Gasteiger partial charge in [-0.25, -0.2) is 13.6 Å². The summed E-state index contributed by atoms with van der Waals surface area (Å²) in [5, 5.41) is 0. The Morgan fingerprint density at radius 2 is 1.86 bits per heavy atom. The van der Waals surface area contributed by atoms with Crippen molar-refractivity contribution in [2.45, 2.75) is 70.1 Å². The Morgan fingerprint density at radius 3 is 2.50 bits per heavy atom. The average Bonchev–Trinajstić information content (AvgIpc) is 3.00. The lowest BCUT2D eigenvalue weighted by Crippen LogP contribution is -2.53. The van der Waals surface area contributed by atoms with Crippen LogP contribution in [0, 0.1) is 11.6 Å². The third-order valence-electron chi connectivity index (χ3n) is 6.75. The van der Waals surface area contributed by atoms with E-state index in [0.29, 0.717) is 11.6 Å². The van der Waals surface area contributed by atoms with E-state index in [1.54, 1.807) is 4.57 Å². The van der Waals surface area contributed by atoms with Crippen molar-refractivity contribution >= 4 is 11.0 Å². The fourth-order valence-electron chi connectivity index (χ4n) is 5.11. The van der Waals surface area contributed by atoms with Gasteiger partial charge in [0.1, 0.15) is 11.3 Å². The molecule has 0 radical (unpaired) electrons. The van der Waals surface area contributed by atoms with Gasteiger partial charge in [-0.3, -0.25) is 9.47 Å². The molecule has 0 spiro atoms. The molecule has 7 heteroatoms. The van der Waals surface area contributed by atoms with Gasteiger partial charge in [0, 0.05) is 43.4 Å². The van der Waals surface area contributed by atoms with Gasteiger partial charge in [0.05, 0.1) is 11.6 Å². The molecule has 0 atom stereocenters. The highest BCUT2D eigenvalue weighted by molar-refractivity contribution is 5.76. The highest BCUT2D eigenvalue weighted by Crippen LogP contribution is 2.38. The molecular formula is C21H29F2N3O2. The summed E-state index contributed by atoms with van der Waals surface area (Å²) in [7, 11) is 0. The Kier molecular flexibility index (Phi) is 5.31. The van der Waals surface area contributed by atoms with Crippen molar-refractivity contribution in [3.05, 3.63) is 34.3 Å². The molecule has 0 amide bonds. The first-order valence-electron chi connectivity index (χ1n) is 10.4. The molecule has 1 aliphatic carbocycles. The topological polar surface area (TPSA) is 50.3 Å². The summed E-state index contributed by atoms with van der Waals surface area (Å²) in [4.78, 5) is 17.5. The minimum absolute atomic E-state index is 0.0398. The Bertz CT molecular complexity index is 891. The Morgan fingerprint density at radius 1 is 1.18 bits per heavy atom. The standard InChI is InChI=1S/C21H29F2N3O2/c1-3-28-16-4-8-21(2,9-5-16)25-10-6-15(7-11-25)26-18-13-14(22)12-17(23)19(18)24-20(26)27/h12-13,15-16H,3-11H2,1-2H3,(H,24,27)/t16-,21-. The van der Waals surface area contributed by atoms with Crippen molar-refractivity contribution in [1.29, 1.82) is 0 Å². The zero-order valence-electron chi connectivity index (χ0n) is 16.6. The molecule has 1 N–H and O–H groups in total. The zero-order valence-corrected chi connectivity index (χ0v) is 16.6. The van der Waals surface area contributed by atoms with Gasteiger partial charge in [-0.1, -0.05) is 0 Å². The number of aromatic nitrogens is 2. The van der Waals surface area contributed by atoms with Crippen LogP contribution >= 0.6 is 0 Å². The Hall–Kier alpha value is -1.73. The van der Waals surface area contributed by atoms with Crippen molar-refractivity contribution < 1.29 is 13.5 Å². The normalized spacial score (nSPS) is 27.5. The average molecular weight is 393 g/mol. The molecule has 154 valence electrons. The molecule has 1 aromatic heterocycles. The lowest BCUT2D eigenvalue weighted by Gasteiger charge is -2.48. The van der Waals surface area contributed by atoms with E-state index < -0.39 is 11.6 Å². The number of likely N-dealkylation sites (tertiary alicyclic amines) is 1. The second-order valence-electron chi connectivity index (χ2n) is 8.45. The number of hydrogen-bond donors (Lipinski definition) is 1. The van der Waals surface area contributed by atoms with Crippen LogP contribution in [0.25, 0.3) is 11.0 Å². The van der Waals surface area contributed by atoms with E-state index in [4.69, 9.17) is 4.74 Å². The van der Waals surface area contributed by atoms with Crippen LogP contribution in [0.3, 0.4) is 0 Å². The second-order valence-corrected chi connectivity index (χ2v) is 8.45. The number of nitrogens with one attached hydrogen (secondary N) is 1. The van der Waals surface area contributed by atoms with Crippen molar-refractivity contribution in [2.75, 3.05) is 19.7 Å². The molecule has 4 rings (SSSR count). The molecule has 1 aliphatic heterocycles. The van der Waals surface area contributed by atoms with Crippen molar-refractivity contribution in [1.82, 2.24) is 14.5 Å². The van der Waals surface area contributed by atoms with Crippen LogP contribution in [0.1, 0.15) is 58.4 Å². The van der Waals surface area contributed by atoms with Gasteiger partial charge in [-0.2, -0.15) is 0 Å². The Balaban J connectivity index is 1.47. The molecule has 5 nitrogen and oxygen atoms in total. The number of rotatable bonds is 4. The predicted molar refractivity (Wildman–Crippen MR) is 105 cm³/mol. The number of benzene rings is 1. The van der Waals surface area contributed by atoms with Crippen LogP contribution < -0.4 is 5.69 Å². The van der Waals surface area contributed by atoms with Crippen LogP contribution in [-0.2, 0) is 4.74 Å². The number of nitrogens with zero attached hydrogens (tertiary/aromatic N) is 2. The fourth-order valence-corrected chi connectivity index (χ4v) is 5.11. The van der Waals surface area contributed by atoms with Gasteiger partial charge >= 0.3 is 5.69 Å². The van der Waals surface area contributed by atoms with E-state index >= 15 is 0 Å². The van der Waals surface area contributed by atoms with Gasteiger partial charge in [0.15, 0.2) is 5.82 Å². The van der Waals surface area contributed by atoms with Crippen molar-refractivity contribution in [3.63, 3.8) is 0 Å². The molecule has 2 aromatic rings. The summed E-state index contributed by atoms with van der Waals surface area (Å²) >= 11 is 0. The summed E-state index contributed by atoms with van der Waals surface area (Å²) in [6.45, 7) is 6.92. The molecule has 2 aliphatic rings. The van der Waals surface area contributed by atoms with Gasteiger partial charge < -0.3 is 9.72 Å². The Labute approximate surface area is 163 Å². The van der Waals surface area contributed by atoms with E-state index in [0.717, 1.165) is 64.3 Å². The van der Waals surface area contributed by atoms with E-state index in [1.165, 1.54) is 6.07 Å². The van der Waals surface area contributed by atoms with Crippen LogP contribution in [0.5, 0.6) is 0 Å². The number of ether oxygens (including phenoxy) is 1. The lowest BCUT2D eigenvalue weighted by molar-refractivity contribution is -0.0273. The van der Waals surface area contributed by atoms with E-state index in [2.05, 4.69) is 16.8 Å². The third-order valence-corrected chi connectivity index (χ3v) is 6.75. The van der Waals surface area contributed by atoms with Gasteiger partial charge in [0.2, 0.25) is 0 Å². The number of aromatic amines is 1. The zero-order chi connectivity index (χ0) is 19.9. The molecule has 1 aromatic carbocycles. The van der Waals surface area contributed by atoms with Gasteiger partial charge in [-0.15, -0.1) is 0 Å². The smallest absolute Gasteiger partial charge is 0.326 e. The maximum absolute atomic E-state index is 14.0. The monoisotopic (exact) mass is 393 g/mol. The third kappa shape index (κ3) is 3.50. The second kappa shape index (κ2) is 7.59. The van der Waals surface area contributed by atoms with Gasteiger partial charge in [-0.05, 0) is 52.4 Å². The number of halogens is 2. The van der Waals surface area contributed by atoms with E-state index in [1.807, 2.05) is 6.92 Å². The number of fused-ring (bicyclic) bond motifs is 1. The van der Waals surface area contributed by atoms with Crippen LogP contribution in [0.4, 0.5) is 8.78 Å². The van der Waals surface area contributed by atoms with Crippen molar-refractivity contribution in [2.24, 2.45) is 0 Å². The molecule has 1 saturated heterocycles. The lowest BCUT2D eigenvalue weighted by atomic mass is 9.79. The maximum atomic E-state index is 14.0. The first kappa shape index (κ1) is 19.6. The van der Waals surface area contributed by atoms with Crippen molar-refractivity contribution in [3.8, 4) is 0 Å². The molecule has 1 saturated carbocycles. The van der Waals surface area contributed by atoms with Gasteiger partial charge in [0.25, 0.3) is 0 Å². The molecule has 0 unspecified atom stereocenters. The summed E-state index contributed by atoms with van der Waals surface area (Å²) in [5.74, 6) is -1.38. The quantitative estimate of drug-likeness (QED) is 0.855. The molecule has 2 heterocycles. The summed E-state index contributed by atoms with van der Waals surface area (Å²) in [6.07, 6.45) is 6.39. The van der Waals surface area contributed by atoms with E-state index in [9.17, 15) is 13.6 Å². The largest absolute Gasteiger partial charge is 0.379 e. The summed E-state index contributed by atoms with van der Waals surface area (Å²) in [5.41, 5.74) is 0.225. The van der Waals surface area contributed by atoms with Crippen LogP contribution in [0.15, 0.2) is 16.9 Å². The number of H-pyrrole nitrogens is 1. The first-order chi connectivity index (χ1) is 13.4. The minimum Gasteiger partial charge on any atom is -0.379 e. The molecule has 28 heavy (non-hydrogen) atoms. The highest BCUT2D eigenvalue weighted by atomic mass is 19.1. The summed E-state index contributed by atoms with van der Waals surface area (Å²) in [6, 6.07) is 2.02. The number of imidazole rings is 1. The van der Waals surface area contributed by atoms with Crippen LogP contribution in [0.2, 0.25) is 0 Å².